The standard InChI is InChI=1S/C15H21NOS/c17-14-7-3-2-6-13(14)16-10-12-9-11-5-1-4-8-15(11)18-12/h1,4-5,8,12-14,16-17H,2-3,6-7,9-10H2. The molecule has 98 valence electrons. The van der Waals surface area contributed by atoms with Crippen molar-refractivity contribution >= 4 is 11.8 Å². The second-order valence-corrected chi connectivity index (χ2v) is 6.76. The second kappa shape index (κ2) is 5.64. The number of aliphatic hydroxyl groups is 1. The van der Waals surface area contributed by atoms with Gasteiger partial charge in [-0.3, -0.25) is 0 Å². The summed E-state index contributed by atoms with van der Waals surface area (Å²) < 4.78 is 0. The number of aliphatic hydroxyl groups excluding tert-OH is 1. The van der Waals surface area contributed by atoms with Crippen LogP contribution in [0.3, 0.4) is 0 Å². The first kappa shape index (κ1) is 12.5. The second-order valence-electron chi connectivity index (χ2n) is 5.42. The maximum absolute atomic E-state index is 9.95. The van der Waals surface area contributed by atoms with E-state index < -0.39 is 0 Å². The van der Waals surface area contributed by atoms with Gasteiger partial charge in [0.05, 0.1) is 6.10 Å². The Morgan fingerprint density at radius 3 is 2.89 bits per heavy atom. The van der Waals surface area contributed by atoms with Crippen LogP contribution in [0, 0.1) is 0 Å². The molecule has 3 heteroatoms. The van der Waals surface area contributed by atoms with Crippen molar-refractivity contribution in [1.82, 2.24) is 5.32 Å². The lowest BCUT2D eigenvalue weighted by atomic mass is 9.92. The quantitative estimate of drug-likeness (QED) is 0.879. The Hall–Kier alpha value is -0.510. The van der Waals surface area contributed by atoms with Crippen molar-refractivity contribution < 1.29 is 5.11 Å². The van der Waals surface area contributed by atoms with Crippen molar-refractivity contribution in [1.29, 1.82) is 0 Å². The third-order valence-corrected chi connectivity index (χ3v) is 5.37. The molecule has 1 aliphatic heterocycles. The Kier molecular flexibility index (Phi) is 3.92. The SMILES string of the molecule is OC1CCCCC1NCC1Cc2ccccc2S1. The normalized spacial score (nSPS) is 31.3. The monoisotopic (exact) mass is 263 g/mol. The van der Waals surface area contributed by atoms with Crippen molar-refractivity contribution in [2.24, 2.45) is 0 Å². The average Bonchev–Trinajstić information content (AvgIpc) is 2.80. The molecule has 1 fully saturated rings. The van der Waals surface area contributed by atoms with Crippen LogP contribution in [0.15, 0.2) is 29.2 Å². The van der Waals surface area contributed by atoms with E-state index in [0.29, 0.717) is 11.3 Å². The lowest BCUT2D eigenvalue weighted by molar-refractivity contribution is 0.0913. The third-order valence-electron chi connectivity index (χ3n) is 4.05. The highest BCUT2D eigenvalue weighted by atomic mass is 32.2. The number of benzene rings is 1. The van der Waals surface area contributed by atoms with Gasteiger partial charge in [0.15, 0.2) is 0 Å². The minimum Gasteiger partial charge on any atom is -0.392 e. The molecular weight excluding hydrogens is 242 g/mol. The van der Waals surface area contributed by atoms with E-state index in [0.717, 1.165) is 25.8 Å². The number of fused-ring (bicyclic) bond motifs is 1. The van der Waals surface area contributed by atoms with Crippen LogP contribution in [-0.2, 0) is 6.42 Å². The summed E-state index contributed by atoms with van der Waals surface area (Å²) in [4.78, 5) is 1.44. The van der Waals surface area contributed by atoms with Gasteiger partial charge in [-0.25, -0.2) is 0 Å². The van der Waals surface area contributed by atoms with Crippen molar-refractivity contribution in [2.75, 3.05) is 6.54 Å². The zero-order valence-electron chi connectivity index (χ0n) is 10.6. The summed E-state index contributed by atoms with van der Waals surface area (Å²) in [5, 5.41) is 14.2. The van der Waals surface area contributed by atoms with Gasteiger partial charge in [0.25, 0.3) is 0 Å². The lowest BCUT2D eigenvalue weighted by Crippen LogP contribution is -2.44. The fourth-order valence-corrected chi connectivity index (χ4v) is 4.26. The van der Waals surface area contributed by atoms with E-state index in [4.69, 9.17) is 0 Å². The maximum Gasteiger partial charge on any atom is 0.0693 e. The van der Waals surface area contributed by atoms with Crippen LogP contribution < -0.4 is 5.32 Å². The molecule has 3 rings (SSSR count). The maximum atomic E-state index is 9.95. The average molecular weight is 263 g/mol. The van der Waals surface area contributed by atoms with E-state index in [2.05, 4.69) is 29.6 Å². The summed E-state index contributed by atoms with van der Waals surface area (Å²) in [7, 11) is 0. The van der Waals surface area contributed by atoms with Gasteiger partial charge in [-0.15, -0.1) is 11.8 Å². The lowest BCUT2D eigenvalue weighted by Gasteiger charge is -2.29. The third kappa shape index (κ3) is 2.73. The number of hydrogen-bond donors (Lipinski definition) is 2. The molecule has 2 N–H and O–H groups in total. The number of hydrogen-bond acceptors (Lipinski definition) is 3. The first-order valence-electron chi connectivity index (χ1n) is 6.99. The fraction of sp³-hybridized carbons (Fsp3) is 0.600. The zero-order valence-corrected chi connectivity index (χ0v) is 11.5. The predicted octanol–water partition coefficient (Wildman–Crippen LogP) is 2.60. The van der Waals surface area contributed by atoms with Crippen LogP contribution in [0.5, 0.6) is 0 Å². The van der Waals surface area contributed by atoms with E-state index in [1.54, 1.807) is 0 Å². The molecule has 3 atom stereocenters. The molecule has 2 nitrogen and oxygen atoms in total. The van der Waals surface area contributed by atoms with Crippen molar-refractivity contribution in [3.05, 3.63) is 29.8 Å². The molecular formula is C15H21NOS. The Morgan fingerprint density at radius 2 is 2.06 bits per heavy atom. The van der Waals surface area contributed by atoms with Crippen LogP contribution >= 0.6 is 11.8 Å². The molecule has 1 heterocycles. The summed E-state index contributed by atoms with van der Waals surface area (Å²) in [5.74, 6) is 0. The van der Waals surface area contributed by atoms with E-state index >= 15 is 0 Å². The summed E-state index contributed by atoms with van der Waals surface area (Å²) in [5.41, 5.74) is 1.48. The molecule has 0 radical (unpaired) electrons. The van der Waals surface area contributed by atoms with Crippen LogP contribution in [0.25, 0.3) is 0 Å². The van der Waals surface area contributed by atoms with Crippen LogP contribution in [-0.4, -0.2) is 29.0 Å². The van der Waals surface area contributed by atoms with Gasteiger partial charge < -0.3 is 10.4 Å². The number of nitrogens with one attached hydrogen (secondary N) is 1. The van der Waals surface area contributed by atoms with Gasteiger partial charge in [0.2, 0.25) is 0 Å². The van der Waals surface area contributed by atoms with Crippen LogP contribution in [0.4, 0.5) is 0 Å². The predicted molar refractivity (Wildman–Crippen MR) is 76.1 cm³/mol. The molecule has 18 heavy (non-hydrogen) atoms. The van der Waals surface area contributed by atoms with Gasteiger partial charge in [0.1, 0.15) is 0 Å². The van der Waals surface area contributed by atoms with Gasteiger partial charge in [0, 0.05) is 22.7 Å². The molecule has 1 saturated carbocycles. The summed E-state index contributed by atoms with van der Waals surface area (Å²) in [6.45, 7) is 1.01. The van der Waals surface area contributed by atoms with E-state index in [1.807, 2.05) is 11.8 Å². The summed E-state index contributed by atoms with van der Waals surface area (Å²) >= 11 is 1.98. The summed E-state index contributed by atoms with van der Waals surface area (Å²) in [6, 6.07) is 9.02. The molecule has 1 aliphatic carbocycles. The molecule has 0 bridgehead atoms. The van der Waals surface area contributed by atoms with Crippen LogP contribution in [0.1, 0.15) is 31.2 Å². The highest BCUT2D eigenvalue weighted by Crippen LogP contribution is 2.36. The first-order valence-corrected chi connectivity index (χ1v) is 7.87. The Bertz CT molecular complexity index is 384. The topological polar surface area (TPSA) is 32.3 Å². The first-order chi connectivity index (χ1) is 8.83. The largest absolute Gasteiger partial charge is 0.392 e. The smallest absolute Gasteiger partial charge is 0.0693 e. The van der Waals surface area contributed by atoms with E-state index in [-0.39, 0.29) is 6.10 Å². The molecule has 3 unspecified atom stereocenters. The van der Waals surface area contributed by atoms with Gasteiger partial charge in [-0.05, 0) is 30.9 Å². The molecule has 2 aliphatic rings. The van der Waals surface area contributed by atoms with Crippen LogP contribution in [0.2, 0.25) is 0 Å². The fourth-order valence-electron chi connectivity index (χ4n) is 3.00. The Labute approximate surface area is 113 Å². The number of rotatable bonds is 3. The Balaban J connectivity index is 1.51. The van der Waals surface area contributed by atoms with Crippen molar-refractivity contribution in [3.8, 4) is 0 Å². The molecule has 0 amide bonds. The minimum atomic E-state index is -0.132. The Morgan fingerprint density at radius 1 is 1.22 bits per heavy atom. The van der Waals surface area contributed by atoms with Crippen molar-refractivity contribution in [3.63, 3.8) is 0 Å². The van der Waals surface area contributed by atoms with Gasteiger partial charge in [-0.2, -0.15) is 0 Å². The van der Waals surface area contributed by atoms with E-state index in [1.165, 1.54) is 23.3 Å². The van der Waals surface area contributed by atoms with Crippen molar-refractivity contribution in [2.45, 2.75) is 54.4 Å². The molecule has 1 aromatic rings. The molecule has 0 spiro atoms. The van der Waals surface area contributed by atoms with Gasteiger partial charge in [-0.1, -0.05) is 31.0 Å². The summed E-state index contributed by atoms with van der Waals surface area (Å²) in [6.07, 6.45) is 5.57. The highest BCUT2D eigenvalue weighted by molar-refractivity contribution is 8.00. The minimum absolute atomic E-state index is 0.132. The molecule has 0 aromatic heterocycles. The van der Waals surface area contributed by atoms with Gasteiger partial charge >= 0.3 is 0 Å². The van der Waals surface area contributed by atoms with E-state index in [9.17, 15) is 5.11 Å². The highest BCUT2D eigenvalue weighted by Gasteiger charge is 2.26. The molecule has 1 aromatic carbocycles. The number of thioether (sulfide) groups is 1. The molecule has 0 saturated heterocycles. The zero-order chi connectivity index (χ0) is 12.4.